The second kappa shape index (κ2) is 12.1. The SMILES string of the molecule is CN(CC(=O)N1C[C@@H](O)[C@@H](O)[C@H](O)[C@H]1CO)C(=N)N.O=C(O)CC(O)(CC(=O)O)C(=O)O. The number of carbonyl (C=O) groups excluding carboxylic acids is 1. The van der Waals surface area contributed by atoms with Crippen molar-refractivity contribution in [3.63, 3.8) is 0 Å². The van der Waals surface area contributed by atoms with Gasteiger partial charge < -0.3 is 56.4 Å². The van der Waals surface area contributed by atoms with Gasteiger partial charge in [0, 0.05) is 13.6 Å². The number of likely N-dealkylation sites (N-methyl/N-ethyl adjacent to an activating group) is 1. The second-order valence-corrected chi connectivity index (χ2v) is 7.06. The molecule has 16 nitrogen and oxygen atoms in total. The number of nitrogens with zero attached hydrogens (tertiary/aromatic N) is 2. The molecular formula is C16H28N4O12. The van der Waals surface area contributed by atoms with Crippen LogP contribution >= 0.6 is 0 Å². The van der Waals surface area contributed by atoms with E-state index in [1.807, 2.05) is 0 Å². The largest absolute Gasteiger partial charge is 0.481 e. The van der Waals surface area contributed by atoms with E-state index in [1.165, 1.54) is 11.9 Å². The molecular weight excluding hydrogens is 440 g/mol. The van der Waals surface area contributed by atoms with Crippen molar-refractivity contribution in [2.45, 2.75) is 42.8 Å². The first-order chi connectivity index (χ1) is 14.6. The molecule has 1 rings (SSSR count). The van der Waals surface area contributed by atoms with Crippen molar-refractivity contribution in [2.75, 3.05) is 26.7 Å². The highest BCUT2D eigenvalue weighted by atomic mass is 16.4. The predicted molar refractivity (Wildman–Crippen MR) is 102 cm³/mol. The fourth-order valence-electron chi connectivity index (χ4n) is 2.67. The van der Waals surface area contributed by atoms with Crippen LogP contribution in [-0.2, 0) is 19.2 Å². The second-order valence-electron chi connectivity index (χ2n) is 7.06. The smallest absolute Gasteiger partial charge is 0.336 e. The van der Waals surface area contributed by atoms with Crippen LogP contribution in [0.25, 0.3) is 0 Å². The molecule has 1 aliphatic rings. The number of carboxylic acid groups (broad SMARTS) is 3. The van der Waals surface area contributed by atoms with Gasteiger partial charge in [-0.1, -0.05) is 0 Å². The molecule has 11 N–H and O–H groups in total. The highest BCUT2D eigenvalue weighted by Gasteiger charge is 2.43. The Morgan fingerprint density at radius 1 is 1.06 bits per heavy atom. The lowest BCUT2D eigenvalue weighted by atomic mass is 9.94. The van der Waals surface area contributed by atoms with E-state index in [0.29, 0.717) is 0 Å². The maximum absolute atomic E-state index is 12.0. The third-order valence-corrected chi connectivity index (χ3v) is 4.50. The van der Waals surface area contributed by atoms with E-state index < -0.39 is 73.2 Å². The van der Waals surface area contributed by atoms with Gasteiger partial charge >= 0.3 is 17.9 Å². The molecule has 0 aromatic rings. The number of aliphatic hydroxyl groups excluding tert-OH is 4. The van der Waals surface area contributed by atoms with E-state index in [4.69, 9.17) is 31.6 Å². The van der Waals surface area contributed by atoms with Crippen LogP contribution in [0.5, 0.6) is 0 Å². The number of hydrogen-bond acceptors (Lipinski definition) is 10. The highest BCUT2D eigenvalue weighted by molar-refractivity contribution is 5.88. The Labute approximate surface area is 181 Å². The molecule has 0 aromatic carbocycles. The van der Waals surface area contributed by atoms with Crippen LogP contribution in [0.1, 0.15) is 12.8 Å². The average Bonchev–Trinajstić information content (AvgIpc) is 2.64. The lowest BCUT2D eigenvalue weighted by Gasteiger charge is -2.43. The van der Waals surface area contributed by atoms with Crippen molar-refractivity contribution in [2.24, 2.45) is 5.73 Å². The van der Waals surface area contributed by atoms with Crippen LogP contribution < -0.4 is 5.73 Å². The number of likely N-dealkylation sites (tertiary alicyclic amines) is 1. The van der Waals surface area contributed by atoms with Crippen LogP contribution in [0.2, 0.25) is 0 Å². The number of aliphatic carboxylic acids is 3. The van der Waals surface area contributed by atoms with Crippen LogP contribution in [0.4, 0.5) is 0 Å². The number of guanidine groups is 1. The van der Waals surface area contributed by atoms with Gasteiger partial charge in [0.15, 0.2) is 11.6 Å². The number of carbonyl (C=O) groups is 4. The monoisotopic (exact) mass is 468 g/mol. The molecule has 0 aliphatic carbocycles. The van der Waals surface area contributed by atoms with E-state index in [1.54, 1.807) is 0 Å². The number of hydrogen-bond donors (Lipinski definition) is 10. The summed E-state index contributed by atoms with van der Waals surface area (Å²) in [6.45, 7) is -0.962. The molecule has 0 spiro atoms. The third kappa shape index (κ3) is 8.23. The van der Waals surface area contributed by atoms with Crippen LogP contribution in [-0.4, -0.2) is 137 Å². The van der Waals surface area contributed by atoms with Gasteiger partial charge in [-0.15, -0.1) is 0 Å². The molecule has 1 saturated heterocycles. The van der Waals surface area contributed by atoms with Gasteiger partial charge in [0.25, 0.3) is 0 Å². The third-order valence-electron chi connectivity index (χ3n) is 4.50. The first-order valence-electron chi connectivity index (χ1n) is 8.96. The van der Waals surface area contributed by atoms with Crippen molar-refractivity contribution in [1.82, 2.24) is 9.80 Å². The van der Waals surface area contributed by atoms with Crippen molar-refractivity contribution < 1.29 is 60.0 Å². The van der Waals surface area contributed by atoms with Gasteiger partial charge in [0.1, 0.15) is 18.3 Å². The number of aliphatic hydroxyl groups is 5. The maximum atomic E-state index is 12.0. The molecule has 4 atom stereocenters. The number of nitrogens with one attached hydrogen (secondary N) is 1. The molecule has 0 aromatic heterocycles. The Morgan fingerprint density at radius 2 is 1.53 bits per heavy atom. The molecule has 1 heterocycles. The first kappa shape index (κ1) is 28.9. The summed E-state index contributed by atoms with van der Waals surface area (Å²) in [6.07, 6.45) is -6.42. The van der Waals surface area contributed by atoms with Crippen LogP contribution in [0.3, 0.4) is 0 Å². The van der Waals surface area contributed by atoms with Gasteiger partial charge in [-0.05, 0) is 0 Å². The van der Waals surface area contributed by atoms with Gasteiger partial charge in [-0.3, -0.25) is 19.8 Å². The molecule has 184 valence electrons. The molecule has 0 bridgehead atoms. The number of carboxylic acids is 3. The first-order valence-corrected chi connectivity index (χ1v) is 8.96. The van der Waals surface area contributed by atoms with Crippen molar-refractivity contribution in [3.05, 3.63) is 0 Å². The number of nitrogens with two attached hydrogens (primary N) is 1. The Morgan fingerprint density at radius 3 is 1.88 bits per heavy atom. The molecule has 0 unspecified atom stereocenters. The summed E-state index contributed by atoms with van der Waals surface area (Å²) >= 11 is 0. The average molecular weight is 468 g/mol. The van der Waals surface area contributed by atoms with E-state index >= 15 is 0 Å². The summed E-state index contributed by atoms with van der Waals surface area (Å²) in [5.74, 6) is -5.83. The van der Waals surface area contributed by atoms with Crippen molar-refractivity contribution in [1.29, 1.82) is 5.41 Å². The van der Waals surface area contributed by atoms with Gasteiger partial charge in [0.05, 0.1) is 32.0 Å². The molecule has 16 heteroatoms. The quantitative estimate of drug-likeness (QED) is 0.118. The summed E-state index contributed by atoms with van der Waals surface area (Å²) in [5, 5.41) is 79.0. The number of piperidine rings is 1. The fourth-order valence-corrected chi connectivity index (χ4v) is 2.67. The lowest BCUT2D eigenvalue weighted by molar-refractivity contribution is -0.170. The minimum atomic E-state index is -2.74. The van der Waals surface area contributed by atoms with Crippen molar-refractivity contribution in [3.8, 4) is 0 Å². The molecule has 32 heavy (non-hydrogen) atoms. The summed E-state index contributed by atoms with van der Waals surface area (Å²) in [4.78, 5) is 44.7. The maximum Gasteiger partial charge on any atom is 0.336 e. The standard InChI is InChI=1S/C10H20N4O5.C6H8O7/c1-13(10(11)12)3-7(17)14-2-6(16)9(19)8(18)5(14)4-15;7-3(8)1-6(13,5(11)12)2-4(9)10/h5-6,8-9,15-16,18-19H,2-4H2,1H3,(H3,11,12);13H,1-2H2,(H,7,8)(H,9,10)(H,11,12)/t5-,6-,8-,9-;/m1./s1. The predicted octanol–water partition coefficient (Wildman–Crippen LogP) is -5.15. The number of β-amino-alcohol motifs (C(OH)–C–C–N with tert-alkyl or cyclic N) is 1. The lowest BCUT2D eigenvalue weighted by Crippen LogP contribution is -2.65. The Balaban J connectivity index is 0.000000649. The van der Waals surface area contributed by atoms with Crippen LogP contribution in [0, 0.1) is 5.41 Å². The van der Waals surface area contributed by atoms with E-state index in [-0.39, 0.29) is 19.0 Å². The number of rotatable bonds is 8. The highest BCUT2D eigenvalue weighted by Crippen LogP contribution is 2.19. The topological polar surface area (TPSA) is 286 Å². The summed E-state index contributed by atoms with van der Waals surface area (Å²) in [6, 6.07) is -0.994. The zero-order valence-electron chi connectivity index (χ0n) is 17.0. The Kier molecular flexibility index (Phi) is 11.0. The summed E-state index contributed by atoms with van der Waals surface area (Å²) in [7, 11) is 1.44. The molecule has 1 fully saturated rings. The summed E-state index contributed by atoms with van der Waals surface area (Å²) < 4.78 is 0. The van der Waals surface area contributed by atoms with Gasteiger partial charge in [0.2, 0.25) is 5.91 Å². The normalized spacial score (nSPS) is 22.9. The molecule has 0 radical (unpaired) electrons. The van der Waals surface area contributed by atoms with Crippen molar-refractivity contribution >= 4 is 29.8 Å². The Hall–Kier alpha value is -3.05. The number of amides is 1. The molecule has 1 amide bonds. The van der Waals surface area contributed by atoms with Gasteiger partial charge in [-0.25, -0.2) is 4.79 Å². The minimum Gasteiger partial charge on any atom is -0.481 e. The molecule has 0 saturated carbocycles. The van der Waals surface area contributed by atoms with E-state index in [9.17, 15) is 39.6 Å². The molecule has 1 aliphatic heterocycles. The summed E-state index contributed by atoms with van der Waals surface area (Å²) in [5.41, 5.74) is 2.47. The zero-order valence-corrected chi connectivity index (χ0v) is 17.0. The van der Waals surface area contributed by atoms with Gasteiger partial charge in [-0.2, -0.15) is 0 Å². The van der Waals surface area contributed by atoms with E-state index in [0.717, 1.165) is 4.90 Å². The minimum absolute atomic E-state index is 0.200. The Bertz CT molecular complexity index is 701. The fraction of sp³-hybridized carbons (Fsp3) is 0.688. The zero-order chi connectivity index (χ0) is 25.4. The van der Waals surface area contributed by atoms with E-state index in [2.05, 4.69) is 0 Å². The van der Waals surface area contributed by atoms with Crippen LogP contribution in [0.15, 0.2) is 0 Å².